The predicted molar refractivity (Wildman–Crippen MR) is 67.1 cm³/mol. The summed E-state index contributed by atoms with van der Waals surface area (Å²) in [7, 11) is 0. The molecule has 0 saturated heterocycles. The van der Waals surface area contributed by atoms with E-state index in [1.807, 2.05) is 12.1 Å². The molecule has 0 aliphatic carbocycles. The number of halogens is 3. The van der Waals surface area contributed by atoms with E-state index in [1.54, 1.807) is 6.07 Å². The first-order valence-electron chi connectivity index (χ1n) is 4.49. The van der Waals surface area contributed by atoms with Crippen LogP contribution >= 0.6 is 35.6 Å². The molecule has 5 heteroatoms. The molecule has 0 spiro atoms. The molecule has 15 heavy (non-hydrogen) atoms. The van der Waals surface area contributed by atoms with Crippen LogP contribution in [0.1, 0.15) is 12.0 Å². The number of hydrogen-bond acceptors (Lipinski definition) is 2. The van der Waals surface area contributed by atoms with Crippen molar-refractivity contribution < 1.29 is 5.11 Å². The Morgan fingerprint density at radius 1 is 1.20 bits per heavy atom. The lowest BCUT2D eigenvalue weighted by Gasteiger charge is -2.04. The number of benzene rings is 1. The number of aliphatic hydroxyl groups excluding tert-OH is 1. The third kappa shape index (κ3) is 5.59. The molecule has 2 N–H and O–H groups in total. The summed E-state index contributed by atoms with van der Waals surface area (Å²) in [6, 6.07) is 5.56. The standard InChI is InChI=1S/C10H13Cl2NO.ClH/c11-9-3-2-8(6-10(9)12)7-13-4-1-5-14;/h2-3,6,13-14H,1,4-5,7H2;1H. The zero-order valence-electron chi connectivity index (χ0n) is 8.17. The van der Waals surface area contributed by atoms with E-state index in [0.29, 0.717) is 10.0 Å². The molecule has 0 aliphatic heterocycles. The summed E-state index contributed by atoms with van der Waals surface area (Å²) in [6.07, 6.45) is 0.765. The zero-order valence-corrected chi connectivity index (χ0v) is 10.5. The van der Waals surface area contributed by atoms with Crippen molar-refractivity contribution in [1.29, 1.82) is 0 Å². The van der Waals surface area contributed by atoms with Crippen LogP contribution in [0.4, 0.5) is 0 Å². The van der Waals surface area contributed by atoms with E-state index in [0.717, 1.165) is 25.1 Å². The van der Waals surface area contributed by atoms with Crippen LogP contribution in [-0.2, 0) is 6.54 Å². The lowest BCUT2D eigenvalue weighted by molar-refractivity contribution is 0.286. The molecular weight excluding hydrogens is 256 g/mol. The zero-order chi connectivity index (χ0) is 10.4. The highest BCUT2D eigenvalue weighted by atomic mass is 35.5. The molecule has 0 radical (unpaired) electrons. The molecule has 0 aliphatic rings. The van der Waals surface area contributed by atoms with Crippen LogP contribution in [0.2, 0.25) is 10.0 Å². The van der Waals surface area contributed by atoms with Gasteiger partial charge in [0.2, 0.25) is 0 Å². The highest BCUT2D eigenvalue weighted by Gasteiger charge is 1.98. The van der Waals surface area contributed by atoms with Gasteiger partial charge in [0.15, 0.2) is 0 Å². The van der Waals surface area contributed by atoms with Gasteiger partial charge in [0.1, 0.15) is 0 Å². The number of aliphatic hydroxyl groups is 1. The van der Waals surface area contributed by atoms with Gasteiger partial charge in [-0.15, -0.1) is 12.4 Å². The van der Waals surface area contributed by atoms with E-state index in [2.05, 4.69) is 5.32 Å². The lowest BCUT2D eigenvalue weighted by atomic mass is 10.2. The summed E-state index contributed by atoms with van der Waals surface area (Å²) < 4.78 is 0. The molecule has 0 bridgehead atoms. The van der Waals surface area contributed by atoms with Crippen LogP contribution in [0.15, 0.2) is 18.2 Å². The van der Waals surface area contributed by atoms with Crippen molar-refractivity contribution in [1.82, 2.24) is 5.32 Å². The third-order valence-corrected chi connectivity index (χ3v) is 2.56. The molecule has 86 valence electrons. The van der Waals surface area contributed by atoms with Crippen molar-refractivity contribution in [3.05, 3.63) is 33.8 Å². The average Bonchev–Trinajstić information content (AvgIpc) is 2.18. The summed E-state index contributed by atoms with van der Waals surface area (Å²) in [5.41, 5.74) is 1.09. The first-order chi connectivity index (χ1) is 6.74. The Hall–Kier alpha value is 0.01000. The molecule has 1 aromatic carbocycles. The van der Waals surface area contributed by atoms with Crippen molar-refractivity contribution in [2.75, 3.05) is 13.2 Å². The molecule has 0 unspecified atom stereocenters. The van der Waals surface area contributed by atoms with Gasteiger partial charge in [-0.2, -0.15) is 0 Å². The Bertz CT molecular complexity index is 294. The number of nitrogens with one attached hydrogen (secondary N) is 1. The maximum atomic E-state index is 8.57. The molecule has 1 rings (SSSR count). The van der Waals surface area contributed by atoms with Crippen LogP contribution < -0.4 is 5.32 Å². The SMILES string of the molecule is Cl.OCCCNCc1ccc(Cl)c(Cl)c1. The molecule has 0 heterocycles. The van der Waals surface area contributed by atoms with Gasteiger partial charge < -0.3 is 10.4 Å². The first kappa shape index (κ1) is 15.0. The summed E-state index contributed by atoms with van der Waals surface area (Å²) in [4.78, 5) is 0. The molecule has 0 atom stereocenters. The van der Waals surface area contributed by atoms with Crippen molar-refractivity contribution in [2.24, 2.45) is 0 Å². The monoisotopic (exact) mass is 269 g/mol. The predicted octanol–water partition coefficient (Wildman–Crippen LogP) is 2.89. The lowest BCUT2D eigenvalue weighted by Crippen LogP contribution is -2.15. The average molecular weight is 271 g/mol. The maximum Gasteiger partial charge on any atom is 0.0595 e. The smallest absolute Gasteiger partial charge is 0.0595 e. The quantitative estimate of drug-likeness (QED) is 0.807. The fourth-order valence-electron chi connectivity index (χ4n) is 1.09. The second-order valence-electron chi connectivity index (χ2n) is 3.00. The van der Waals surface area contributed by atoms with Gasteiger partial charge in [-0.1, -0.05) is 29.3 Å². The van der Waals surface area contributed by atoms with Crippen LogP contribution in [0.5, 0.6) is 0 Å². The fourth-order valence-corrected chi connectivity index (χ4v) is 1.41. The minimum atomic E-state index is 0. The molecule has 0 saturated carbocycles. The van der Waals surface area contributed by atoms with E-state index < -0.39 is 0 Å². The van der Waals surface area contributed by atoms with Crippen molar-refractivity contribution in [2.45, 2.75) is 13.0 Å². The minimum Gasteiger partial charge on any atom is -0.396 e. The summed E-state index contributed by atoms with van der Waals surface area (Å²) in [5, 5.41) is 12.9. The van der Waals surface area contributed by atoms with Crippen LogP contribution in [0, 0.1) is 0 Å². The van der Waals surface area contributed by atoms with Crippen LogP contribution in [-0.4, -0.2) is 18.3 Å². The molecule has 0 aromatic heterocycles. The number of rotatable bonds is 5. The Balaban J connectivity index is 0.00000196. The topological polar surface area (TPSA) is 32.3 Å². The van der Waals surface area contributed by atoms with Gasteiger partial charge >= 0.3 is 0 Å². The van der Waals surface area contributed by atoms with E-state index in [9.17, 15) is 0 Å². The van der Waals surface area contributed by atoms with Crippen molar-refractivity contribution in [3.8, 4) is 0 Å². The Morgan fingerprint density at radius 2 is 1.93 bits per heavy atom. The summed E-state index contributed by atoms with van der Waals surface area (Å²) in [6.45, 7) is 1.77. The molecular formula is C10H14Cl3NO. The van der Waals surface area contributed by atoms with E-state index in [-0.39, 0.29) is 19.0 Å². The molecule has 0 amide bonds. The van der Waals surface area contributed by atoms with Gasteiger partial charge in [0.25, 0.3) is 0 Å². The number of hydrogen-bond donors (Lipinski definition) is 2. The molecule has 0 fully saturated rings. The molecule has 1 aromatic rings. The van der Waals surface area contributed by atoms with Crippen LogP contribution in [0.25, 0.3) is 0 Å². The normalized spacial score (nSPS) is 9.80. The van der Waals surface area contributed by atoms with Gasteiger partial charge in [-0.25, -0.2) is 0 Å². The second kappa shape index (κ2) is 8.20. The van der Waals surface area contributed by atoms with E-state index in [4.69, 9.17) is 28.3 Å². The second-order valence-corrected chi connectivity index (χ2v) is 3.82. The highest BCUT2D eigenvalue weighted by molar-refractivity contribution is 6.42. The van der Waals surface area contributed by atoms with Crippen LogP contribution in [0.3, 0.4) is 0 Å². The summed E-state index contributed by atoms with van der Waals surface area (Å²) >= 11 is 11.6. The maximum absolute atomic E-state index is 8.57. The van der Waals surface area contributed by atoms with Gasteiger partial charge in [0.05, 0.1) is 10.0 Å². The Kier molecular flexibility index (Phi) is 8.20. The van der Waals surface area contributed by atoms with E-state index >= 15 is 0 Å². The highest BCUT2D eigenvalue weighted by Crippen LogP contribution is 2.22. The largest absolute Gasteiger partial charge is 0.396 e. The van der Waals surface area contributed by atoms with Crippen molar-refractivity contribution in [3.63, 3.8) is 0 Å². The Labute approximate surface area is 106 Å². The summed E-state index contributed by atoms with van der Waals surface area (Å²) in [5.74, 6) is 0. The van der Waals surface area contributed by atoms with Gasteiger partial charge in [-0.05, 0) is 30.7 Å². The van der Waals surface area contributed by atoms with E-state index in [1.165, 1.54) is 0 Å². The molecule has 2 nitrogen and oxygen atoms in total. The van der Waals surface area contributed by atoms with Crippen molar-refractivity contribution >= 4 is 35.6 Å². The third-order valence-electron chi connectivity index (χ3n) is 1.82. The minimum absolute atomic E-state index is 0. The van der Waals surface area contributed by atoms with Gasteiger partial charge in [-0.3, -0.25) is 0 Å². The Morgan fingerprint density at radius 3 is 2.53 bits per heavy atom. The van der Waals surface area contributed by atoms with Gasteiger partial charge in [0, 0.05) is 13.2 Å². The fraction of sp³-hybridized carbons (Fsp3) is 0.400. The first-order valence-corrected chi connectivity index (χ1v) is 5.25.